The second-order valence-electron chi connectivity index (χ2n) is 4.19. The Morgan fingerprint density at radius 2 is 1.83 bits per heavy atom. The molecule has 3 nitrogen and oxygen atoms in total. The highest BCUT2D eigenvalue weighted by atomic mass is 79.9. The Morgan fingerprint density at radius 3 is 2.61 bits per heavy atom. The van der Waals surface area contributed by atoms with Crippen molar-refractivity contribution in [2.45, 2.75) is 6.42 Å². The Morgan fingerprint density at radius 1 is 1.06 bits per heavy atom. The van der Waals surface area contributed by atoms with Crippen LogP contribution >= 0.6 is 15.9 Å². The Balaban J connectivity index is 1.92. The maximum atomic E-state index is 9.41. The number of halogens is 1. The number of pyridine rings is 1. The lowest BCUT2D eigenvalue weighted by atomic mass is 10.1. The summed E-state index contributed by atoms with van der Waals surface area (Å²) in [4.78, 5) is 4.51. The Kier molecular flexibility index (Phi) is 2.80. The van der Waals surface area contributed by atoms with E-state index in [0.29, 0.717) is 0 Å². The molecule has 3 aromatic rings. The van der Waals surface area contributed by atoms with Gasteiger partial charge in [0.05, 0.1) is 11.9 Å². The molecule has 0 spiro atoms. The smallest absolute Gasteiger partial charge is 0.137 e. The molecule has 2 heterocycles. The maximum Gasteiger partial charge on any atom is 0.137 e. The predicted octanol–water partition coefficient (Wildman–Crippen LogP) is 3.39. The van der Waals surface area contributed by atoms with E-state index in [0.717, 1.165) is 22.2 Å². The number of aromatic hydroxyl groups is 1. The quantitative estimate of drug-likeness (QED) is 0.788. The Hall–Kier alpha value is -1.81. The van der Waals surface area contributed by atoms with Crippen LogP contribution in [0.15, 0.2) is 53.3 Å². The van der Waals surface area contributed by atoms with Crippen molar-refractivity contribution in [2.24, 2.45) is 0 Å². The fraction of sp³-hybridized carbons (Fsp3) is 0.0714. The highest BCUT2D eigenvalue weighted by Gasteiger charge is 2.03. The van der Waals surface area contributed by atoms with Crippen LogP contribution in [0.3, 0.4) is 0 Å². The summed E-state index contributed by atoms with van der Waals surface area (Å²) in [5, 5.41) is 9.41. The minimum Gasteiger partial charge on any atom is -0.506 e. The third-order valence-corrected chi connectivity index (χ3v) is 3.31. The lowest BCUT2D eigenvalue weighted by Crippen LogP contribution is -1.87. The monoisotopic (exact) mass is 302 g/mol. The molecule has 1 N–H and O–H groups in total. The van der Waals surface area contributed by atoms with Gasteiger partial charge in [0.25, 0.3) is 0 Å². The van der Waals surface area contributed by atoms with Crippen LogP contribution in [0.4, 0.5) is 0 Å². The lowest BCUT2D eigenvalue weighted by molar-refractivity contribution is 0.472. The van der Waals surface area contributed by atoms with Gasteiger partial charge in [-0.3, -0.25) is 0 Å². The van der Waals surface area contributed by atoms with Gasteiger partial charge in [0, 0.05) is 17.1 Å². The second-order valence-corrected chi connectivity index (χ2v) is 5.10. The minimum absolute atomic E-state index is 0.245. The van der Waals surface area contributed by atoms with Crippen molar-refractivity contribution in [3.05, 3.63) is 64.5 Å². The summed E-state index contributed by atoms with van der Waals surface area (Å²) < 4.78 is 2.91. The first-order valence-electron chi connectivity index (χ1n) is 5.62. The van der Waals surface area contributed by atoms with Crippen LogP contribution < -0.4 is 0 Å². The molecule has 0 unspecified atom stereocenters. The molecule has 0 fully saturated rings. The highest BCUT2D eigenvalue weighted by molar-refractivity contribution is 9.10. The normalized spacial score (nSPS) is 10.9. The van der Waals surface area contributed by atoms with Crippen molar-refractivity contribution >= 4 is 21.6 Å². The molecular weight excluding hydrogens is 292 g/mol. The summed E-state index contributed by atoms with van der Waals surface area (Å²) in [6, 6.07) is 11.7. The number of nitrogens with zero attached hydrogens (tertiary/aromatic N) is 2. The molecule has 0 amide bonds. The number of imidazole rings is 1. The average Bonchev–Trinajstić information content (AvgIpc) is 2.73. The third kappa shape index (κ3) is 2.24. The zero-order valence-electron chi connectivity index (χ0n) is 9.55. The standard InChI is InChI=1S/C14H11BrN2O/c15-11-3-1-10(2-4-11)7-12-8-17-9-13(18)5-6-14(17)16-12/h1-6,8-9,18H,7H2. The minimum atomic E-state index is 0.245. The van der Waals surface area contributed by atoms with E-state index >= 15 is 0 Å². The predicted molar refractivity (Wildman–Crippen MR) is 73.8 cm³/mol. The van der Waals surface area contributed by atoms with Crippen LogP contribution in [0.1, 0.15) is 11.3 Å². The lowest BCUT2D eigenvalue weighted by Gasteiger charge is -1.97. The zero-order chi connectivity index (χ0) is 12.5. The summed E-state index contributed by atoms with van der Waals surface area (Å²) in [7, 11) is 0. The van der Waals surface area contributed by atoms with Gasteiger partial charge in [-0.2, -0.15) is 0 Å². The van der Waals surface area contributed by atoms with Crippen LogP contribution in [0.25, 0.3) is 5.65 Å². The van der Waals surface area contributed by atoms with E-state index in [1.54, 1.807) is 18.3 Å². The Labute approximate surface area is 113 Å². The van der Waals surface area contributed by atoms with E-state index in [4.69, 9.17) is 0 Å². The molecule has 90 valence electrons. The fourth-order valence-corrected chi connectivity index (χ4v) is 2.19. The number of aromatic nitrogens is 2. The van der Waals surface area contributed by atoms with Gasteiger partial charge in [0.1, 0.15) is 11.4 Å². The first-order valence-corrected chi connectivity index (χ1v) is 6.41. The largest absolute Gasteiger partial charge is 0.506 e. The van der Waals surface area contributed by atoms with Gasteiger partial charge < -0.3 is 9.51 Å². The highest BCUT2D eigenvalue weighted by Crippen LogP contribution is 2.16. The van der Waals surface area contributed by atoms with Crippen LogP contribution in [-0.2, 0) is 6.42 Å². The molecule has 0 saturated heterocycles. The molecule has 0 aliphatic heterocycles. The van der Waals surface area contributed by atoms with Gasteiger partial charge in [-0.1, -0.05) is 28.1 Å². The molecule has 0 bridgehead atoms. The summed E-state index contributed by atoms with van der Waals surface area (Å²) in [5.74, 6) is 0.245. The summed E-state index contributed by atoms with van der Waals surface area (Å²) in [5.41, 5.74) is 3.05. The molecule has 3 rings (SSSR count). The van der Waals surface area contributed by atoms with Crippen molar-refractivity contribution in [3.63, 3.8) is 0 Å². The molecule has 18 heavy (non-hydrogen) atoms. The summed E-state index contributed by atoms with van der Waals surface area (Å²) in [6.07, 6.45) is 4.39. The number of benzene rings is 1. The SMILES string of the molecule is Oc1ccc2nc(Cc3ccc(Br)cc3)cn2c1. The van der Waals surface area contributed by atoms with E-state index in [9.17, 15) is 5.11 Å². The maximum absolute atomic E-state index is 9.41. The molecule has 4 heteroatoms. The molecule has 1 aromatic carbocycles. The number of hydrogen-bond acceptors (Lipinski definition) is 2. The number of fused-ring (bicyclic) bond motifs is 1. The van der Waals surface area contributed by atoms with Gasteiger partial charge in [-0.15, -0.1) is 0 Å². The van der Waals surface area contributed by atoms with Gasteiger partial charge in [-0.25, -0.2) is 4.98 Å². The summed E-state index contributed by atoms with van der Waals surface area (Å²) >= 11 is 3.42. The molecule has 0 radical (unpaired) electrons. The van der Waals surface area contributed by atoms with Gasteiger partial charge in [-0.05, 0) is 29.8 Å². The van der Waals surface area contributed by atoms with E-state index in [2.05, 4.69) is 33.0 Å². The first-order chi connectivity index (χ1) is 8.70. The average molecular weight is 303 g/mol. The van der Waals surface area contributed by atoms with Crippen molar-refractivity contribution in [1.82, 2.24) is 9.38 Å². The van der Waals surface area contributed by atoms with Crippen molar-refractivity contribution in [2.75, 3.05) is 0 Å². The van der Waals surface area contributed by atoms with Crippen LogP contribution in [0, 0.1) is 0 Å². The summed E-state index contributed by atoms with van der Waals surface area (Å²) in [6.45, 7) is 0. The van der Waals surface area contributed by atoms with Crippen molar-refractivity contribution in [3.8, 4) is 5.75 Å². The third-order valence-electron chi connectivity index (χ3n) is 2.78. The fourth-order valence-electron chi connectivity index (χ4n) is 1.93. The van der Waals surface area contributed by atoms with Gasteiger partial charge in [0.15, 0.2) is 0 Å². The van der Waals surface area contributed by atoms with E-state index in [-0.39, 0.29) is 5.75 Å². The van der Waals surface area contributed by atoms with Gasteiger partial charge >= 0.3 is 0 Å². The molecule has 0 aliphatic carbocycles. The van der Waals surface area contributed by atoms with Crippen LogP contribution in [-0.4, -0.2) is 14.5 Å². The number of rotatable bonds is 2. The Bertz CT molecular complexity index is 689. The molecular formula is C14H11BrN2O. The molecule has 0 saturated carbocycles. The van der Waals surface area contributed by atoms with Crippen molar-refractivity contribution < 1.29 is 5.11 Å². The molecule has 2 aromatic heterocycles. The van der Waals surface area contributed by atoms with E-state index in [1.165, 1.54) is 5.56 Å². The van der Waals surface area contributed by atoms with Crippen LogP contribution in [0.2, 0.25) is 0 Å². The second kappa shape index (κ2) is 4.46. The number of hydrogen-bond donors (Lipinski definition) is 1. The van der Waals surface area contributed by atoms with Crippen molar-refractivity contribution in [1.29, 1.82) is 0 Å². The molecule has 0 atom stereocenters. The van der Waals surface area contributed by atoms with Gasteiger partial charge in [0.2, 0.25) is 0 Å². The first kappa shape index (κ1) is 11.3. The van der Waals surface area contributed by atoms with Crippen LogP contribution in [0.5, 0.6) is 5.75 Å². The van der Waals surface area contributed by atoms with E-state index in [1.807, 2.05) is 22.7 Å². The molecule has 0 aliphatic rings. The van der Waals surface area contributed by atoms with E-state index < -0.39 is 0 Å². The topological polar surface area (TPSA) is 37.5 Å². The zero-order valence-corrected chi connectivity index (χ0v) is 11.1.